The maximum atomic E-state index is 13.0. The minimum Gasteiger partial charge on any atom is -0.299 e. The summed E-state index contributed by atoms with van der Waals surface area (Å²) in [5, 5.41) is 0. The van der Waals surface area contributed by atoms with Crippen molar-refractivity contribution in [3.63, 3.8) is 0 Å². The Bertz CT molecular complexity index is 1600. The third-order valence-corrected chi connectivity index (χ3v) is 12.1. The normalized spacial score (nSPS) is 20.3. The topological polar surface area (TPSA) is 51.2 Å². The van der Waals surface area contributed by atoms with Crippen molar-refractivity contribution in [2.45, 2.75) is 128 Å². The third-order valence-electron chi connectivity index (χ3n) is 12.1. The predicted octanol–water partition coefficient (Wildman–Crippen LogP) is 12.4. The average molecular weight is 695 g/mol. The highest BCUT2D eigenvalue weighted by molar-refractivity contribution is 5.84. The molecule has 0 aromatic heterocycles. The first kappa shape index (κ1) is 37.6. The summed E-state index contributed by atoms with van der Waals surface area (Å²) in [6.45, 7) is 4.30. The van der Waals surface area contributed by atoms with Crippen molar-refractivity contribution >= 4 is 17.3 Å². The van der Waals surface area contributed by atoms with Crippen LogP contribution in [0.4, 0.5) is 0 Å². The van der Waals surface area contributed by atoms with Gasteiger partial charge < -0.3 is 0 Å². The number of unbranched alkanes of at least 4 members (excludes halogenated alkanes) is 2. The van der Waals surface area contributed by atoms with Crippen LogP contribution in [-0.2, 0) is 27.2 Å². The monoisotopic (exact) mass is 694 g/mol. The van der Waals surface area contributed by atoms with Gasteiger partial charge in [-0.25, -0.2) is 0 Å². The fraction of sp³-hybridized carbons (Fsp3) is 0.449. The van der Waals surface area contributed by atoms with E-state index in [1.54, 1.807) is 0 Å². The molecule has 0 radical (unpaired) electrons. The smallest absolute Gasteiger partial charge is 0.141 e. The van der Waals surface area contributed by atoms with E-state index in [-0.39, 0.29) is 17.6 Å². The van der Waals surface area contributed by atoms with E-state index in [9.17, 15) is 14.4 Å². The first-order valence-electron chi connectivity index (χ1n) is 20.4. The summed E-state index contributed by atoms with van der Waals surface area (Å²) in [5.41, 5.74) is 9.58. The molecule has 0 amide bonds. The van der Waals surface area contributed by atoms with Crippen LogP contribution in [0.25, 0.3) is 22.3 Å². The zero-order valence-electron chi connectivity index (χ0n) is 31.6. The zero-order chi connectivity index (χ0) is 36.3. The van der Waals surface area contributed by atoms with E-state index >= 15 is 0 Å². The van der Waals surface area contributed by atoms with Crippen LogP contribution in [0.2, 0.25) is 0 Å². The molecule has 3 nitrogen and oxygen atoms in total. The van der Waals surface area contributed by atoms with Crippen LogP contribution >= 0.6 is 0 Å². The predicted molar refractivity (Wildman–Crippen MR) is 215 cm³/mol. The van der Waals surface area contributed by atoms with Crippen molar-refractivity contribution in [3.05, 3.63) is 119 Å². The van der Waals surface area contributed by atoms with Gasteiger partial charge in [0.15, 0.2) is 0 Å². The minimum absolute atomic E-state index is 0.220. The molecule has 6 rings (SSSR count). The quantitative estimate of drug-likeness (QED) is 0.117. The molecule has 52 heavy (non-hydrogen) atoms. The van der Waals surface area contributed by atoms with Gasteiger partial charge in [-0.2, -0.15) is 0 Å². The van der Waals surface area contributed by atoms with E-state index in [4.69, 9.17) is 0 Å². The molecule has 0 saturated heterocycles. The molecule has 2 aliphatic rings. The number of hydrogen-bond donors (Lipinski definition) is 0. The molecule has 0 heterocycles. The van der Waals surface area contributed by atoms with E-state index in [1.807, 2.05) is 0 Å². The lowest BCUT2D eigenvalue weighted by molar-refractivity contribution is -0.124. The second-order valence-electron chi connectivity index (χ2n) is 15.8. The summed E-state index contributed by atoms with van der Waals surface area (Å²) in [6.07, 6.45) is 15.1. The first-order chi connectivity index (χ1) is 25.4. The summed E-state index contributed by atoms with van der Waals surface area (Å²) < 4.78 is 0. The molecule has 2 aliphatic carbocycles. The van der Waals surface area contributed by atoms with Crippen molar-refractivity contribution in [1.82, 2.24) is 0 Å². The van der Waals surface area contributed by atoms with E-state index in [0.717, 1.165) is 101 Å². The molecule has 0 aliphatic heterocycles. The summed E-state index contributed by atoms with van der Waals surface area (Å²) >= 11 is 0. The van der Waals surface area contributed by atoms with Crippen LogP contribution in [0.15, 0.2) is 97.1 Å². The molecule has 0 N–H and O–H groups in total. The molecule has 272 valence electrons. The molecule has 0 spiro atoms. The van der Waals surface area contributed by atoms with Gasteiger partial charge in [0.05, 0.1) is 0 Å². The lowest BCUT2D eigenvalue weighted by atomic mass is 9.76. The van der Waals surface area contributed by atoms with Gasteiger partial charge in [0.25, 0.3) is 0 Å². The number of hydrogen-bond acceptors (Lipinski definition) is 3. The highest BCUT2D eigenvalue weighted by Gasteiger charge is 2.27. The summed E-state index contributed by atoms with van der Waals surface area (Å²) in [6, 6.07) is 34.8. The van der Waals surface area contributed by atoms with Gasteiger partial charge in [0.2, 0.25) is 0 Å². The third kappa shape index (κ3) is 10.1. The Morgan fingerprint density at radius 2 is 0.750 bits per heavy atom. The van der Waals surface area contributed by atoms with Crippen LogP contribution in [0.5, 0.6) is 0 Å². The van der Waals surface area contributed by atoms with E-state index < -0.39 is 0 Å². The number of Topliss-reactive ketones (excluding diaryl/α,β-unsaturated/α-hetero) is 3. The summed E-state index contributed by atoms with van der Waals surface area (Å²) in [7, 11) is 0. The van der Waals surface area contributed by atoms with Gasteiger partial charge in [-0.05, 0) is 121 Å². The van der Waals surface area contributed by atoms with Gasteiger partial charge in [0.1, 0.15) is 17.3 Å². The van der Waals surface area contributed by atoms with Crippen molar-refractivity contribution in [3.8, 4) is 22.3 Å². The molecular formula is C49H58O3. The zero-order valence-corrected chi connectivity index (χ0v) is 31.6. The molecule has 0 bridgehead atoms. The van der Waals surface area contributed by atoms with E-state index in [0.29, 0.717) is 36.2 Å². The Hall–Kier alpha value is -4.11. The van der Waals surface area contributed by atoms with Crippen molar-refractivity contribution < 1.29 is 14.4 Å². The Labute approximate surface area is 312 Å². The number of benzene rings is 4. The van der Waals surface area contributed by atoms with Crippen LogP contribution in [0.1, 0.15) is 138 Å². The standard InChI is InChI=1S/C49H58O3/c1-3-5-7-48(51)45-29-25-43(26-30-45)41-21-17-39(18-22-41)37-13-9-35(10-14-37)33-47(50)34-36-11-15-38(16-12-36)40-19-23-42(24-20-40)44-27-31-46(32-28-44)49(52)8-6-4-2/h9-24,43-46H,3-8,25-34H2,1-2H3. The first-order valence-corrected chi connectivity index (χ1v) is 20.4. The van der Waals surface area contributed by atoms with E-state index in [1.165, 1.54) is 33.4 Å². The molecule has 0 atom stereocenters. The van der Waals surface area contributed by atoms with Gasteiger partial charge in [-0.15, -0.1) is 0 Å². The number of ketones is 3. The number of carbonyl (C=O) groups is 3. The summed E-state index contributed by atoms with van der Waals surface area (Å²) in [4.78, 5) is 38.0. The minimum atomic E-state index is 0.220. The molecule has 4 aromatic carbocycles. The van der Waals surface area contributed by atoms with Crippen molar-refractivity contribution in [2.75, 3.05) is 0 Å². The maximum Gasteiger partial charge on any atom is 0.141 e. The number of rotatable bonds is 16. The molecular weight excluding hydrogens is 637 g/mol. The van der Waals surface area contributed by atoms with Crippen LogP contribution in [0.3, 0.4) is 0 Å². The molecule has 4 aromatic rings. The average Bonchev–Trinajstić information content (AvgIpc) is 3.20. The Kier molecular flexibility index (Phi) is 13.5. The Morgan fingerprint density at radius 1 is 0.442 bits per heavy atom. The van der Waals surface area contributed by atoms with E-state index in [2.05, 4.69) is 111 Å². The number of carbonyl (C=O) groups excluding carboxylic acids is 3. The second kappa shape index (κ2) is 18.6. The van der Waals surface area contributed by atoms with Gasteiger partial charge >= 0.3 is 0 Å². The van der Waals surface area contributed by atoms with Crippen LogP contribution in [-0.4, -0.2) is 17.3 Å². The van der Waals surface area contributed by atoms with Crippen molar-refractivity contribution in [2.24, 2.45) is 11.8 Å². The maximum absolute atomic E-state index is 13.0. The molecule has 2 saturated carbocycles. The van der Waals surface area contributed by atoms with Gasteiger partial charge in [-0.3, -0.25) is 14.4 Å². The lowest BCUT2D eigenvalue weighted by Gasteiger charge is -2.28. The SMILES string of the molecule is CCCCC(=O)C1CCC(c2ccc(-c3ccc(CC(=O)Cc4ccc(-c5ccc(C6CCC(C(=O)CCCC)CC6)cc5)cc4)cc3)cc2)CC1. The van der Waals surface area contributed by atoms with Crippen molar-refractivity contribution in [1.29, 1.82) is 0 Å². The van der Waals surface area contributed by atoms with Gasteiger partial charge in [-0.1, -0.05) is 124 Å². The fourth-order valence-corrected chi connectivity index (χ4v) is 8.65. The Morgan fingerprint density at radius 3 is 1.06 bits per heavy atom. The highest BCUT2D eigenvalue weighted by Crippen LogP contribution is 2.39. The van der Waals surface area contributed by atoms with Crippen LogP contribution < -0.4 is 0 Å². The molecule has 0 unspecified atom stereocenters. The largest absolute Gasteiger partial charge is 0.299 e. The molecule has 2 fully saturated rings. The van der Waals surface area contributed by atoms with Gasteiger partial charge in [0, 0.05) is 37.5 Å². The molecule has 3 heteroatoms. The Balaban J connectivity index is 0.948. The highest BCUT2D eigenvalue weighted by atomic mass is 16.1. The fourth-order valence-electron chi connectivity index (χ4n) is 8.65. The lowest BCUT2D eigenvalue weighted by Crippen LogP contribution is -2.21. The summed E-state index contributed by atoms with van der Waals surface area (Å²) in [5.74, 6) is 2.84. The van der Waals surface area contributed by atoms with Crippen LogP contribution in [0, 0.1) is 11.8 Å². The second-order valence-corrected chi connectivity index (χ2v) is 15.8.